The van der Waals surface area contributed by atoms with Gasteiger partial charge >= 0.3 is 6.03 Å². The minimum atomic E-state index is -1.25. The number of nitrogens with one attached hydrogen (secondary N) is 7. The van der Waals surface area contributed by atoms with Gasteiger partial charge in [-0.3, -0.25) is 57.6 Å². The molecule has 26 heteroatoms. The number of amides is 13. The lowest BCUT2D eigenvalue weighted by Crippen LogP contribution is -2.61. The Morgan fingerprint density at radius 3 is 1.89 bits per heavy atom. The van der Waals surface area contributed by atoms with Gasteiger partial charge in [-0.2, -0.15) is 0 Å². The van der Waals surface area contributed by atoms with Gasteiger partial charge < -0.3 is 67.1 Å². The first kappa shape index (κ1) is 75.8. The van der Waals surface area contributed by atoms with Crippen molar-refractivity contribution in [2.75, 3.05) is 61.5 Å². The summed E-state index contributed by atoms with van der Waals surface area (Å²) in [5, 5.41) is 18.9. The smallest absolute Gasteiger partial charge is 0.312 e. The number of primary amides is 1. The van der Waals surface area contributed by atoms with Crippen molar-refractivity contribution >= 4 is 71.0 Å². The number of rotatable bonds is 38. The molecule has 2 heterocycles. The number of carbonyl (C=O) groups is 12. The predicted molar refractivity (Wildman–Crippen MR) is 333 cm³/mol. The summed E-state index contributed by atoms with van der Waals surface area (Å²) in [5.41, 5.74) is 6.11. The van der Waals surface area contributed by atoms with Crippen LogP contribution in [0.3, 0.4) is 0 Å². The van der Waals surface area contributed by atoms with Gasteiger partial charge in [0, 0.05) is 80.0 Å². The van der Waals surface area contributed by atoms with Crippen molar-refractivity contribution in [1.82, 2.24) is 56.8 Å². The zero-order valence-corrected chi connectivity index (χ0v) is 54.8. The molecule has 0 spiro atoms. The van der Waals surface area contributed by atoms with Gasteiger partial charge in [-0.05, 0) is 67.8 Å². The molecule has 3 rings (SSSR count). The first-order valence-electron chi connectivity index (χ1n) is 31.2. The van der Waals surface area contributed by atoms with E-state index in [0.717, 1.165) is 10.5 Å². The molecule has 2 aliphatic rings. The molecule has 0 aliphatic carbocycles. The summed E-state index contributed by atoms with van der Waals surface area (Å²) >= 11 is 0. The molecule has 0 bridgehead atoms. The number of nitrogens with zero attached hydrogens (tertiary/aromatic N) is 4. The van der Waals surface area contributed by atoms with Crippen LogP contribution in [0.15, 0.2) is 42.5 Å². The highest BCUT2D eigenvalue weighted by Gasteiger charge is 2.44. The number of imide groups is 1. The Labute approximate surface area is 525 Å². The van der Waals surface area contributed by atoms with E-state index in [0.29, 0.717) is 45.1 Å². The number of carbonyl (C=O) groups excluding carboxylic acids is 12. The van der Waals surface area contributed by atoms with E-state index in [1.54, 1.807) is 60.4 Å². The van der Waals surface area contributed by atoms with E-state index in [4.69, 9.17) is 15.2 Å². The topological polar surface area (TPSA) is 346 Å². The van der Waals surface area contributed by atoms with E-state index >= 15 is 0 Å². The van der Waals surface area contributed by atoms with Crippen molar-refractivity contribution in [1.29, 1.82) is 0 Å². The minimum Gasteiger partial charge on any atom is -0.379 e. The van der Waals surface area contributed by atoms with Crippen LogP contribution in [0.25, 0.3) is 0 Å². The Hall–Kier alpha value is -7.48. The van der Waals surface area contributed by atoms with Crippen LogP contribution in [0.5, 0.6) is 0 Å². The van der Waals surface area contributed by atoms with E-state index < -0.39 is 132 Å². The second-order valence-electron chi connectivity index (χ2n) is 24.4. The molecule has 1 aromatic carbocycles. The third kappa shape index (κ3) is 22.8. The van der Waals surface area contributed by atoms with Crippen LogP contribution in [0.2, 0.25) is 0 Å². The summed E-state index contributed by atoms with van der Waals surface area (Å²) < 4.78 is 12.1. The first-order valence-corrected chi connectivity index (χ1v) is 31.2. The van der Waals surface area contributed by atoms with E-state index in [2.05, 4.69) is 37.2 Å². The van der Waals surface area contributed by atoms with Crippen molar-refractivity contribution in [3.8, 4) is 0 Å². The normalized spacial score (nSPS) is 17.3. The van der Waals surface area contributed by atoms with E-state index in [9.17, 15) is 57.5 Å². The second kappa shape index (κ2) is 37.5. The number of ether oxygens (including phenoxy) is 2. The highest BCUT2D eigenvalue weighted by molar-refractivity contribution is 6.12. The fourth-order valence-corrected chi connectivity index (χ4v) is 11.5. The molecule has 26 nitrogen and oxygen atoms in total. The van der Waals surface area contributed by atoms with Crippen LogP contribution >= 0.6 is 0 Å². The Morgan fingerprint density at radius 2 is 1.33 bits per heavy atom. The van der Waals surface area contributed by atoms with Gasteiger partial charge in [-0.15, -0.1) is 0 Å². The molecule has 1 saturated heterocycles. The number of hydrogen-bond donors (Lipinski definition) is 8. The molecule has 11 atom stereocenters. The number of hydrogen-bond acceptors (Lipinski definition) is 14. The van der Waals surface area contributed by atoms with Crippen LogP contribution in [0.1, 0.15) is 132 Å². The largest absolute Gasteiger partial charge is 0.379 e. The van der Waals surface area contributed by atoms with Gasteiger partial charge in [0.25, 0.3) is 11.8 Å². The number of benzene rings is 1. The van der Waals surface area contributed by atoms with Crippen LogP contribution in [0, 0.1) is 29.6 Å². The molecule has 0 unspecified atom stereocenters. The van der Waals surface area contributed by atoms with Gasteiger partial charge in [0.2, 0.25) is 53.2 Å². The summed E-state index contributed by atoms with van der Waals surface area (Å²) in [7, 11) is 7.48. The summed E-state index contributed by atoms with van der Waals surface area (Å²) in [5.74, 6) is -7.80. The molecule has 2 aliphatic heterocycles. The van der Waals surface area contributed by atoms with Crippen molar-refractivity contribution in [3.05, 3.63) is 48.0 Å². The van der Waals surface area contributed by atoms with Crippen molar-refractivity contribution in [2.45, 2.75) is 187 Å². The van der Waals surface area contributed by atoms with Crippen molar-refractivity contribution in [3.63, 3.8) is 0 Å². The highest BCUT2D eigenvalue weighted by atomic mass is 16.5. The zero-order chi connectivity index (χ0) is 66.8. The molecule has 0 radical (unpaired) electrons. The molecule has 498 valence electrons. The molecule has 1 aromatic rings. The average Bonchev–Trinajstić information content (AvgIpc) is 2.40. The minimum absolute atomic E-state index is 0.0119. The predicted octanol–water partition coefficient (Wildman–Crippen LogP) is 1.68. The highest BCUT2D eigenvalue weighted by Crippen LogP contribution is 2.30. The molecule has 1 fully saturated rings. The van der Waals surface area contributed by atoms with Gasteiger partial charge in [0.1, 0.15) is 30.2 Å². The first-order chi connectivity index (χ1) is 42.0. The van der Waals surface area contributed by atoms with Crippen LogP contribution in [-0.2, 0) is 68.6 Å². The number of likely N-dealkylation sites (tertiary alicyclic amines) is 1. The zero-order valence-electron chi connectivity index (χ0n) is 54.8. The fraction of sp³-hybridized carbons (Fsp3) is 0.683. The van der Waals surface area contributed by atoms with Crippen molar-refractivity contribution in [2.24, 2.45) is 35.3 Å². The van der Waals surface area contributed by atoms with Crippen LogP contribution in [-0.4, -0.2) is 207 Å². The third-order valence-electron chi connectivity index (χ3n) is 16.8. The van der Waals surface area contributed by atoms with Crippen LogP contribution in [0.4, 0.5) is 4.79 Å². The Bertz CT molecular complexity index is 2580. The number of nitrogens with two attached hydrogens (primary N) is 1. The molecular formula is C63H102N12O14. The lowest BCUT2D eigenvalue weighted by Gasteiger charge is -2.41. The lowest BCUT2D eigenvalue weighted by molar-refractivity contribution is -0.148. The molecule has 0 saturated carbocycles. The Kier molecular flexibility index (Phi) is 31.9. The number of urea groups is 1. The van der Waals surface area contributed by atoms with Crippen molar-refractivity contribution < 1.29 is 67.0 Å². The molecule has 0 aromatic heterocycles. The van der Waals surface area contributed by atoms with E-state index in [1.807, 2.05) is 44.2 Å². The maximum atomic E-state index is 14.9. The number of likely N-dealkylation sites (N-methyl/N-ethyl adjacent to an activating group) is 3. The summed E-state index contributed by atoms with van der Waals surface area (Å²) in [6.45, 7) is 16.1. The second-order valence-corrected chi connectivity index (χ2v) is 24.4. The van der Waals surface area contributed by atoms with Gasteiger partial charge in [0.05, 0.1) is 43.2 Å². The summed E-state index contributed by atoms with van der Waals surface area (Å²) in [6.07, 6.45) is 4.46. The van der Waals surface area contributed by atoms with E-state index in [-0.39, 0.29) is 74.7 Å². The Balaban J connectivity index is 1.73. The van der Waals surface area contributed by atoms with Gasteiger partial charge in [0.15, 0.2) is 0 Å². The van der Waals surface area contributed by atoms with Gasteiger partial charge in [-0.25, -0.2) is 4.79 Å². The standard InChI is InChI=1S/C63H102N12O14/c1-15-40(8)55(46(88-13)35-50(79)74-33-23-27-45(74)56(89-14)41(9)57(81)69-44(58(82)65-10)34-42-24-18-16-19-25-42)73(12)62(86)53(38(4)5)71-61(85)54(39(6)7)72(11)51(80)36-67-59(83)43(26-22-31-66-63(64)87)68-60(84)52(37(2)3)70-47(76)28-20-17-21-32-75-48(77)29-30-49(75)78/h16,18-19,24-25,29-30,37-41,43-46,52-56H,15,17,20-23,26-28,31-36H2,1-14H3,(H,65,82)(H,67,83)(H,68,84)(H,69,81)(H,70,76)(H,71,85)(H3,64,66,87)/t40-,41+,43-,44-,45-,46+,52-,53-,54-,55-,56+/m0/s1. The van der Waals surface area contributed by atoms with Gasteiger partial charge in [-0.1, -0.05) is 105 Å². The number of unbranched alkanes of at least 4 members (excludes halogenated alkanes) is 2. The maximum absolute atomic E-state index is 14.9. The Morgan fingerprint density at radius 1 is 0.697 bits per heavy atom. The summed E-state index contributed by atoms with van der Waals surface area (Å²) in [6, 6.07) is 1.97. The average molecular weight is 1250 g/mol. The molecule has 9 N–H and O–H groups in total. The summed E-state index contributed by atoms with van der Waals surface area (Å²) in [4.78, 5) is 166. The third-order valence-corrected chi connectivity index (χ3v) is 16.8. The quantitative estimate of drug-likeness (QED) is 0.0345. The number of methoxy groups -OCH3 is 2. The monoisotopic (exact) mass is 1250 g/mol. The molecular weight excluding hydrogens is 1150 g/mol. The van der Waals surface area contributed by atoms with E-state index in [1.165, 1.54) is 50.3 Å². The molecule has 89 heavy (non-hydrogen) atoms. The fourth-order valence-electron chi connectivity index (χ4n) is 11.5. The lowest BCUT2D eigenvalue weighted by atomic mass is 9.89. The maximum Gasteiger partial charge on any atom is 0.312 e. The molecule has 13 amide bonds. The van der Waals surface area contributed by atoms with Crippen LogP contribution < -0.4 is 43.0 Å². The SMILES string of the molecule is CC[C@H](C)[C@@H]([C@@H](CC(=O)N1CCC[C@H]1[C@H](OC)[C@@H](C)C(=O)N[C@@H](Cc1ccccc1)C(=O)NC)OC)N(C)C(=O)[C@@H](NC(=O)[C@H](C(C)C)N(C)C(=O)CNC(=O)[C@H](CCCNC(N)=O)NC(=O)[C@@H](NC(=O)CCCCCN1C(=O)C=CC1=O)C(C)C)C(C)C.